The van der Waals surface area contributed by atoms with Crippen LogP contribution in [0.25, 0.3) is 0 Å². The number of nitrogens with zero attached hydrogens (tertiary/aromatic N) is 2. The van der Waals surface area contributed by atoms with E-state index in [1.165, 1.54) is 64.2 Å². The number of unbranched alkanes of at least 4 members (excludes halogenated alkanes) is 9. The van der Waals surface area contributed by atoms with Crippen LogP contribution < -0.4 is 0 Å². The van der Waals surface area contributed by atoms with Crippen molar-refractivity contribution in [2.24, 2.45) is 0 Å². The average molecular weight is 395 g/mol. The van der Waals surface area contributed by atoms with Gasteiger partial charge in [0.15, 0.2) is 6.10 Å². The maximum atomic E-state index is 10.4. The molecule has 0 aromatic carbocycles. The number of furan rings is 1. The highest BCUT2D eigenvalue weighted by atomic mass is 16.4. The van der Waals surface area contributed by atoms with Gasteiger partial charge in [0, 0.05) is 19.8 Å². The first kappa shape index (κ1) is 24.1. The van der Waals surface area contributed by atoms with E-state index < -0.39 is 6.10 Å². The third-order valence-electron chi connectivity index (χ3n) is 5.04. The molecule has 6 heteroatoms. The summed E-state index contributed by atoms with van der Waals surface area (Å²) in [5.74, 6) is 0.610. The molecule has 0 fully saturated rings. The van der Waals surface area contributed by atoms with E-state index in [1.54, 1.807) is 6.26 Å². The van der Waals surface area contributed by atoms with Gasteiger partial charge in [-0.25, -0.2) is 0 Å². The minimum absolute atomic E-state index is 0.250. The fraction of sp³-hybridized carbons (Fsp3) is 0.682. The normalized spacial score (nSPS) is 14.5. The number of hydrogen-bond acceptors (Lipinski definition) is 5. The van der Waals surface area contributed by atoms with Gasteiger partial charge in [0.2, 0.25) is 0 Å². The summed E-state index contributed by atoms with van der Waals surface area (Å²) in [5, 5.41) is 17.3. The highest BCUT2D eigenvalue weighted by molar-refractivity contribution is 5.32. The molecule has 1 aromatic rings. The average Bonchev–Trinajstić information content (AvgIpc) is 3.33. The van der Waals surface area contributed by atoms with Gasteiger partial charge in [-0.15, -0.1) is 0 Å². The lowest BCUT2D eigenvalue weighted by Crippen LogP contribution is -2.25. The van der Waals surface area contributed by atoms with Crippen LogP contribution in [0.5, 0.6) is 0 Å². The number of likely N-dealkylation sites (N-methyl/N-ethyl adjacent to an activating group) is 1. The van der Waals surface area contributed by atoms with Crippen LogP contribution in [0, 0.1) is 0 Å². The molecule has 0 saturated carbocycles. The van der Waals surface area contributed by atoms with Gasteiger partial charge in [0.1, 0.15) is 5.76 Å². The Bertz CT molecular complexity index is 531. The Balaban J connectivity index is 0.00000122. The van der Waals surface area contributed by atoms with Gasteiger partial charge in [-0.2, -0.15) is 0 Å². The largest absolute Gasteiger partial charge is 0.483 e. The third kappa shape index (κ3) is 9.31. The zero-order valence-corrected chi connectivity index (χ0v) is 17.6. The maximum Gasteiger partial charge on any atom is 0.290 e. The van der Waals surface area contributed by atoms with Crippen LogP contribution in [0.3, 0.4) is 0 Å². The van der Waals surface area contributed by atoms with Gasteiger partial charge in [-0.1, -0.05) is 64.7 Å². The van der Waals surface area contributed by atoms with Gasteiger partial charge in [-0.3, -0.25) is 4.79 Å². The van der Waals surface area contributed by atoms with Crippen molar-refractivity contribution in [3.8, 4) is 0 Å². The lowest BCUT2D eigenvalue weighted by molar-refractivity contribution is -0.122. The van der Waals surface area contributed by atoms with E-state index in [0.29, 0.717) is 5.76 Å². The van der Waals surface area contributed by atoms with Gasteiger partial charge in [0.05, 0.1) is 18.6 Å². The second-order valence-corrected chi connectivity index (χ2v) is 7.41. The molecule has 1 aliphatic rings. The number of carbonyl (C=O) groups is 1. The number of rotatable bonds is 13. The fourth-order valence-electron chi connectivity index (χ4n) is 3.49. The summed E-state index contributed by atoms with van der Waals surface area (Å²) in [6.07, 6.45) is 16.7. The molecule has 2 N–H and O–H groups in total. The minimum atomic E-state index is -0.669. The first-order valence-electron chi connectivity index (χ1n) is 10.6. The van der Waals surface area contributed by atoms with Gasteiger partial charge < -0.3 is 24.4 Å². The zero-order valence-electron chi connectivity index (χ0n) is 17.6. The van der Waals surface area contributed by atoms with E-state index in [-0.39, 0.29) is 6.47 Å². The topological polar surface area (TPSA) is 77.2 Å². The highest BCUT2D eigenvalue weighted by Crippen LogP contribution is 2.28. The van der Waals surface area contributed by atoms with Crippen LogP contribution in [0.2, 0.25) is 0 Å². The van der Waals surface area contributed by atoms with E-state index in [0.717, 1.165) is 18.9 Å². The summed E-state index contributed by atoms with van der Waals surface area (Å²) in [7, 11) is 2.02. The van der Waals surface area contributed by atoms with Crippen LogP contribution in [-0.4, -0.2) is 46.7 Å². The standard InChI is InChI=1S/C21H36N2O2.CH2O2/c1-3-4-5-6-7-8-9-10-11-12-15-23-17-19(22(2)18-23)21(24)20-14-13-16-25-20;2-1-3/h13-14,16-17,21,24H,3-12,15,18H2,1-2H3;1H,(H,2,3). The third-order valence-corrected chi connectivity index (χ3v) is 5.04. The van der Waals surface area contributed by atoms with E-state index in [2.05, 4.69) is 22.9 Å². The second-order valence-electron chi connectivity index (χ2n) is 7.41. The first-order valence-corrected chi connectivity index (χ1v) is 10.6. The number of aliphatic hydroxyl groups is 1. The molecule has 1 atom stereocenters. The molecule has 1 unspecified atom stereocenters. The molecular formula is C22H38N2O4. The molecule has 1 aromatic heterocycles. The summed E-state index contributed by atoms with van der Waals surface area (Å²) >= 11 is 0. The summed E-state index contributed by atoms with van der Waals surface area (Å²) in [4.78, 5) is 12.8. The van der Waals surface area contributed by atoms with E-state index in [1.807, 2.05) is 19.2 Å². The Morgan fingerprint density at radius 2 is 1.68 bits per heavy atom. The molecule has 0 aliphatic carbocycles. The van der Waals surface area contributed by atoms with Crippen LogP contribution in [-0.2, 0) is 4.79 Å². The number of hydrogen-bond donors (Lipinski definition) is 2. The molecule has 160 valence electrons. The molecule has 0 saturated heterocycles. The van der Waals surface area contributed by atoms with Crippen molar-refractivity contribution in [3.05, 3.63) is 36.1 Å². The van der Waals surface area contributed by atoms with Crippen molar-refractivity contribution >= 4 is 6.47 Å². The molecule has 0 amide bonds. The van der Waals surface area contributed by atoms with Crippen molar-refractivity contribution in [2.45, 2.75) is 77.2 Å². The van der Waals surface area contributed by atoms with Gasteiger partial charge in [0.25, 0.3) is 6.47 Å². The van der Waals surface area contributed by atoms with Crippen molar-refractivity contribution in [3.63, 3.8) is 0 Å². The van der Waals surface area contributed by atoms with Crippen molar-refractivity contribution in [1.29, 1.82) is 0 Å². The number of aliphatic hydroxyl groups excluding tert-OH is 1. The molecule has 0 spiro atoms. The van der Waals surface area contributed by atoms with Crippen molar-refractivity contribution in [1.82, 2.24) is 9.80 Å². The molecule has 2 heterocycles. The summed E-state index contributed by atoms with van der Waals surface area (Å²) in [6, 6.07) is 3.64. The quantitative estimate of drug-likeness (QED) is 0.363. The smallest absolute Gasteiger partial charge is 0.290 e. The maximum absolute atomic E-state index is 10.4. The predicted octanol–water partition coefficient (Wildman–Crippen LogP) is 4.98. The Kier molecular flexibility index (Phi) is 12.9. The Hall–Kier alpha value is -1.95. The summed E-state index contributed by atoms with van der Waals surface area (Å²) in [5.41, 5.74) is 0.919. The summed E-state index contributed by atoms with van der Waals surface area (Å²) in [6.45, 7) is 3.94. The second kappa shape index (κ2) is 15.0. The molecular weight excluding hydrogens is 356 g/mol. The van der Waals surface area contributed by atoms with Crippen molar-refractivity contribution in [2.75, 3.05) is 20.3 Å². The zero-order chi connectivity index (χ0) is 20.6. The molecule has 28 heavy (non-hydrogen) atoms. The minimum Gasteiger partial charge on any atom is -0.483 e. The Labute approximate surface area is 169 Å². The lowest BCUT2D eigenvalue weighted by Gasteiger charge is -2.20. The van der Waals surface area contributed by atoms with Gasteiger partial charge >= 0.3 is 0 Å². The highest BCUT2D eigenvalue weighted by Gasteiger charge is 2.25. The van der Waals surface area contributed by atoms with Crippen molar-refractivity contribution < 1.29 is 19.4 Å². The van der Waals surface area contributed by atoms with Gasteiger partial charge in [-0.05, 0) is 18.6 Å². The van der Waals surface area contributed by atoms with Crippen LogP contribution in [0.15, 0.2) is 34.7 Å². The summed E-state index contributed by atoms with van der Waals surface area (Å²) < 4.78 is 5.32. The first-order chi connectivity index (χ1) is 13.6. The molecule has 6 nitrogen and oxygen atoms in total. The lowest BCUT2D eigenvalue weighted by atomic mass is 10.1. The monoisotopic (exact) mass is 394 g/mol. The van der Waals surface area contributed by atoms with Crippen LogP contribution in [0.4, 0.5) is 0 Å². The van der Waals surface area contributed by atoms with Crippen LogP contribution in [0.1, 0.15) is 83.0 Å². The Morgan fingerprint density at radius 1 is 1.11 bits per heavy atom. The van der Waals surface area contributed by atoms with E-state index in [4.69, 9.17) is 14.3 Å². The fourth-order valence-corrected chi connectivity index (χ4v) is 3.49. The SMILES string of the molecule is CCCCCCCCCCCCN1C=C(C(O)c2ccco2)N(C)C1.O=CO. The molecule has 0 radical (unpaired) electrons. The molecule has 1 aliphatic heterocycles. The molecule has 2 rings (SSSR count). The van der Waals surface area contributed by atoms with E-state index >= 15 is 0 Å². The Morgan fingerprint density at radius 3 is 2.21 bits per heavy atom. The number of carboxylic acid groups (broad SMARTS) is 1. The van der Waals surface area contributed by atoms with Crippen LogP contribution >= 0.6 is 0 Å². The van der Waals surface area contributed by atoms with E-state index in [9.17, 15) is 5.11 Å². The molecule has 0 bridgehead atoms. The predicted molar refractivity (Wildman–Crippen MR) is 112 cm³/mol.